The van der Waals surface area contributed by atoms with Crippen molar-refractivity contribution in [2.24, 2.45) is 5.41 Å². The smallest absolute Gasteiger partial charge is 0.401 e. The van der Waals surface area contributed by atoms with Gasteiger partial charge in [-0.3, -0.25) is 14.5 Å². The summed E-state index contributed by atoms with van der Waals surface area (Å²) < 4.78 is 39.7. The van der Waals surface area contributed by atoms with Crippen molar-refractivity contribution in [3.8, 4) is 0 Å². The molecule has 0 spiro atoms. The van der Waals surface area contributed by atoms with Crippen molar-refractivity contribution in [3.05, 3.63) is 69.7 Å². The Morgan fingerprint density at radius 2 is 1.81 bits per heavy atom. The van der Waals surface area contributed by atoms with Crippen LogP contribution in [0.25, 0.3) is 0 Å². The van der Waals surface area contributed by atoms with Crippen molar-refractivity contribution in [3.63, 3.8) is 0 Å². The normalized spacial score (nSPS) is 27.4. The molecule has 5 nitrogen and oxygen atoms in total. The van der Waals surface area contributed by atoms with Gasteiger partial charge in [-0.25, -0.2) is 0 Å². The number of benzene rings is 2. The van der Waals surface area contributed by atoms with Gasteiger partial charge in [0.1, 0.15) is 0 Å². The van der Waals surface area contributed by atoms with Gasteiger partial charge in [-0.2, -0.15) is 13.2 Å². The molecule has 2 fully saturated rings. The highest BCUT2D eigenvalue weighted by Crippen LogP contribution is 2.52. The first-order valence-corrected chi connectivity index (χ1v) is 13.0. The minimum Gasteiger partial charge on any atom is -0.481 e. The van der Waals surface area contributed by atoms with E-state index in [1.54, 1.807) is 42.2 Å². The van der Waals surface area contributed by atoms with Crippen molar-refractivity contribution in [1.29, 1.82) is 0 Å². The molecule has 10 heteroatoms. The Morgan fingerprint density at radius 3 is 2.43 bits per heavy atom. The number of rotatable bonds is 6. The van der Waals surface area contributed by atoms with Crippen molar-refractivity contribution < 1.29 is 27.9 Å². The number of piperidine rings is 2. The van der Waals surface area contributed by atoms with Crippen LogP contribution in [0.1, 0.15) is 55.7 Å². The van der Waals surface area contributed by atoms with Crippen LogP contribution in [0.15, 0.2) is 48.5 Å². The number of likely N-dealkylation sites (tertiary alicyclic amines) is 2. The van der Waals surface area contributed by atoms with Gasteiger partial charge in [-0.15, -0.1) is 0 Å². The molecule has 0 aliphatic carbocycles. The molecule has 4 atom stereocenters. The van der Waals surface area contributed by atoms with Gasteiger partial charge >= 0.3 is 12.1 Å². The van der Waals surface area contributed by atoms with E-state index >= 15 is 0 Å². The Bertz CT molecular complexity index is 1140. The third-order valence-corrected chi connectivity index (χ3v) is 7.90. The number of halogens is 5. The van der Waals surface area contributed by atoms with E-state index < -0.39 is 36.2 Å². The zero-order valence-corrected chi connectivity index (χ0v) is 21.9. The molecule has 0 radical (unpaired) electrons. The van der Waals surface area contributed by atoms with Gasteiger partial charge in [0.05, 0.1) is 24.4 Å². The van der Waals surface area contributed by atoms with Crippen molar-refractivity contribution in [1.82, 2.24) is 9.80 Å². The zero-order chi connectivity index (χ0) is 27.0. The molecule has 37 heavy (non-hydrogen) atoms. The van der Waals surface area contributed by atoms with Crippen LogP contribution in [-0.2, 0) is 9.59 Å². The number of carbonyl (C=O) groups excluding carboxylic acids is 1. The Labute approximate surface area is 224 Å². The number of nitrogens with zero attached hydrogens (tertiary/aromatic N) is 2. The van der Waals surface area contributed by atoms with Crippen LogP contribution in [0.4, 0.5) is 13.2 Å². The summed E-state index contributed by atoms with van der Waals surface area (Å²) in [5.41, 5.74) is 0.381. The fourth-order valence-corrected chi connectivity index (χ4v) is 6.26. The number of carbonyl (C=O) groups is 2. The summed E-state index contributed by atoms with van der Waals surface area (Å²) in [6.45, 7) is 0.929. The van der Waals surface area contributed by atoms with Gasteiger partial charge in [0.25, 0.3) is 0 Å². The topological polar surface area (TPSA) is 60.9 Å². The van der Waals surface area contributed by atoms with Gasteiger partial charge in [0, 0.05) is 28.5 Å². The highest BCUT2D eigenvalue weighted by atomic mass is 35.5. The fraction of sp³-hybridized carbons (Fsp3) is 0.481. The lowest BCUT2D eigenvalue weighted by atomic mass is 9.67. The molecule has 2 heterocycles. The number of hydrogen-bond acceptors (Lipinski definition) is 3. The van der Waals surface area contributed by atoms with E-state index in [1.807, 2.05) is 18.2 Å². The fourth-order valence-electron chi connectivity index (χ4n) is 5.94. The Hall–Kier alpha value is -2.29. The number of aliphatic carboxylic acids is 1. The molecule has 0 aromatic heterocycles. The lowest BCUT2D eigenvalue weighted by Crippen LogP contribution is -2.60. The molecule has 2 aromatic carbocycles. The lowest BCUT2D eigenvalue weighted by Gasteiger charge is -2.53. The van der Waals surface area contributed by atoms with E-state index in [4.69, 9.17) is 23.2 Å². The molecule has 0 saturated carbocycles. The average Bonchev–Trinajstić information content (AvgIpc) is 2.80. The molecular weight excluding hydrogens is 528 g/mol. The highest BCUT2D eigenvalue weighted by molar-refractivity contribution is 6.30. The van der Waals surface area contributed by atoms with E-state index in [1.165, 1.54) is 4.90 Å². The Balaban J connectivity index is 1.83. The van der Waals surface area contributed by atoms with E-state index in [0.717, 1.165) is 11.1 Å². The molecule has 2 aromatic rings. The standard InChI is InChI=1S/C27H29Cl2F3N2O3/c1-26(14-23(35)36)13-22(18-4-2-5-20(29)12-18)24(17-7-9-19(28)10-8-17)34(25(26)37)21-6-3-11-33(15-21)16-27(30,31)32/h2,4-5,7-10,12,21-22,24H,3,6,11,13-16H2,1H3,(H,35,36). The summed E-state index contributed by atoms with van der Waals surface area (Å²) >= 11 is 12.5. The van der Waals surface area contributed by atoms with E-state index in [-0.39, 0.29) is 37.8 Å². The van der Waals surface area contributed by atoms with E-state index in [0.29, 0.717) is 22.9 Å². The maximum atomic E-state index is 14.1. The van der Waals surface area contributed by atoms with Gasteiger partial charge < -0.3 is 10.0 Å². The monoisotopic (exact) mass is 556 g/mol. The SMILES string of the molecule is CC1(CC(=O)O)CC(c2cccc(Cl)c2)C(c2ccc(Cl)cc2)N(C2CCCN(CC(F)(F)F)C2)C1=O. The Kier molecular flexibility index (Phi) is 8.12. The van der Waals surface area contributed by atoms with Crippen molar-refractivity contribution in [2.75, 3.05) is 19.6 Å². The van der Waals surface area contributed by atoms with Crippen LogP contribution in [0.3, 0.4) is 0 Å². The van der Waals surface area contributed by atoms with Crippen LogP contribution in [0.5, 0.6) is 0 Å². The zero-order valence-electron chi connectivity index (χ0n) is 20.3. The van der Waals surface area contributed by atoms with Gasteiger partial charge in [-0.1, -0.05) is 54.4 Å². The molecular formula is C27H29Cl2F3N2O3. The summed E-state index contributed by atoms with van der Waals surface area (Å²) in [6, 6.07) is 13.3. The summed E-state index contributed by atoms with van der Waals surface area (Å²) in [5, 5.41) is 10.7. The molecule has 2 aliphatic rings. The second-order valence-corrected chi connectivity index (χ2v) is 11.2. The van der Waals surface area contributed by atoms with Crippen LogP contribution < -0.4 is 0 Å². The number of amides is 1. The molecule has 1 N–H and O–H groups in total. The van der Waals surface area contributed by atoms with Gasteiger partial charge in [0.2, 0.25) is 5.91 Å². The molecule has 0 bridgehead atoms. The van der Waals surface area contributed by atoms with Crippen LogP contribution in [0, 0.1) is 5.41 Å². The first kappa shape index (κ1) is 27.7. The minimum absolute atomic E-state index is 0.0563. The van der Waals surface area contributed by atoms with Crippen LogP contribution in [0.2, 0.25) is 10.0 Å². The largest absolute Gasteiger partial charge is 0.481 e. The predicted octanol–water partition coefficient (Wildman–Crippen LogP) is 6.56. The maximum absolute atomic E-state index is 14.1. The summed E-state index contributed by atoms with van der Waals surface area (Å²) in [7, 11) is 0. The minimum atomic E-state index is -4.36. The number of carboxylic acids is 1. The predicted molar refractivity (Wildman–Crippen MR) is 136 cm³/mol. The molecule has 2 aliphatic heterocycles. The molecule has 1 amide bonds. The van der Waals surface area contributed by atoms with Crippen molar-refractivity contribution in [2.45, 2.75) is 56.8 Å². The van der Waals surface area contributed by atoms with Gasteiger partial charge in [-0.05, 0) is 61.2 Å². The van der Waals surface area contributed by atoms with Crippen molar-refractivity contribution >= 4 is 35.1 Å². The number of hydrogen-bond donors (Lipinski definition) is 1. The van der Waals surface area contributed by atoms with Crippen LogP contribution in [-0.4, -0.2) is 58.6 Å². The first-order chi connectivity index (χ1) is 17.4. The first-order valence-electron chi connectivity index (χ1n) is 12.2. The lowest BCUT2D eigenvalue weighted by molar-refractivity contribution is -0.166. The van der Waals surface area contributed by atoms with E-state index in [2.05, 4.69) is 0 Å². The summed E-state index contributed by atoms with van der Waals surface area (Å²) in [5.74, 6) is -1.79. The average molecular weight is 557 g/mol. The summed E-state index contributed by atoms with van der Waals surface area (Å²) in [6.07, 6.45) is -3.47. The maximum Gasteiger partial charge on any atom is 0.401 e. The third kappa shape index (κ3) is 6.41. The quantitative estimate of drug-likeness (QED) is 0.437. The number of carboxylic acid groups (broad SMARTS) is 1. The number of alkyl halides is 3. The molecule has 2 saturated heterocycles. The second kappa shape index (κ2) is 10.8. The third-order valence-electron chi connectivity index (χ3n) is 7.41. The Morgan fingerprint density at radius 1 is 1.11 bits per heavy atom. The van der Waals surface area contributed by atoms with Gasteiger partial charge in [0.15, 0.2) is 0 Å². The molecule has 200 valence electrons. The molecule has 4 unspecified atom stereocenters. The summed E-state index contributed by atoms with van der Waals surface area (Å²) in [4.78, 5) is 29.0. The second-order valence-electron chi connectivity index (χ2n) is 10.4. The molecule has 4 rings (SSSR count). The van der Waals surface area contributed by atoms with E-state index in [9.17, 15) is 27.9 Å². The van der Waals surface area contributed by atoms with Crippen LogP contribution >= 0.6 is 23.2 Å². The highest BCUT2D eigenvalue weighted by Gasteiger charge is 2.53.